The Balaban J connectivity index is 1.72. The zero-order chi connectivity index (χ0) is 17.4. The third-order valence-corrected chi connectivity index (χ3v) is 5.27. The van der Waals surface area contributed by atoms with E-state index in [4.69, 9.17) is 4.74 Å². The molecule has 0 bridgehead atoms. The van der Waals surface area contributed by atoms with Gasteiger partial charge in [0.1, 0.15) is 5.75 Å². The first-order valence-electron chi connectivity index (χ1n) is 8.67. The molecule has 0 aromatic heterocycles. The van der Waals surface area contributed by atoms with Crippen molar-refractivity contribution in [1.82, 2.24) is 9.80 Å². The normalized spacial score (nSPS) is 17.8. The van der Waals surface area contributed by atoms with Crippen molar-refractivity contribution in [2.24, 2.45) is 5.92 Å². The fourth-order valence-electron chi connectivity index (χ4n) is 3.48. The summed E-state index contributed by atoms with van der Waals surface area (Å²) in [5.41, 5.74) is 3.71. The lowest BCUT2D eigenvalue weighted by atomic mass is 9.97. The van der Waals surface area contributed by atoms with Gasteiger partial charge in [-0.25, -0.2) is 0 Å². The average molecular weight is 330 g/mol. The monoisotopic (exact) mass is 330 g/mol. The summed E-state index contributed by atoms with van der Waals surface area (Å²) in [5.74, 6) is 1.43. The molecule has 1 aromatic carbocycles. The molecule has 1 saturated carbocycles. The molecule has 1 saturated heterocycles. The van der Waals surface area contributed by atoms with Crippen molar-refractivity contribution in [3.63, 3.8) is 0 Å². The summed E-state index contributed by atoms with van der Waals surface area (Å²) >= 11 is 0. The van der Waals surface area contributed by atoms with Crippen LogP contribution in [0.3, 0.4) is 0 Å². The van der Waals surface area contributed by atoms with E-state index in [1.165, 1.54) is 0 Å². The Morgan fingerprint density at radius 1 is 1.00 bits per heavy atom. The maximum atomic E-state index is 12.9. The van der Waals surface area contributed by atoms with Crippen LogP contribution in [-0.2, 0) is 4.79 Å². The Morgan fingerprint density at radius 3 is 2.12 bits per heavy atom. The Bertz CT molecular complexity index is 672. The lowest BCUT2D eigenvalue weighted by molar-refractivity contribution is -0.134. The summed E-state index contributed by atoms with van der Waals surface area (Å²) in [5, 5.41) is 0. The van der Waals surface area contributed by atoms with Gasteiger partial charge in [-0.1, -0.05) is 0 Å². The number of aryl methyl sites for hydroxylation is 1. The molecule has 0 spiro atoms. The van der Waals surface area contributed by atoms with Crippen molar-refractivity contribution in [3.8, 4) is 5.75 Å². The number of hydrogen-bond donors (Lipinski definition) is 0. The summed E-state index contributed by atoms with van der Waals surface area (Å²) in [6.07, 6.45) is 2.06. The van der Waals surface area contributed by atoms with Crippen molar-refractivity contribution in [1.29, 1.82) is 0 Å². The smallest absolute Gasteiger partial charge is 0.254 e. The quantitative estimate of drug-likeness (QED) is 0.854. The maximum absolute atomic E-state index is 12.9. The van der Waals surface area contributed by atoms with Gasteiger partial charge in [-0.3, -0.25) is 9.59 Å². The minimum atomic E-state index is 0.0554. The minimum absolute atomic E-state index is 0.0554. The molecule has 2 amide bonds. The molecule has 5 nitrogen and oxygen atoms in total. The molecule has 5 heteroatoms. The van der Waals surface area contributed by atoms with Crippen molar-refractivity contribution in [2.75, 3.05) is 33.3 Å². The van der Waals surface area contributed by atoms with E-state index in [0.29, 0.717) is 26.2 Å². The summed E-state index contributed by atoms with van der Waals surface area (Å²) in [6.45, 7) is 8.44. The third-order valence-electron chi connectivity index (χ3n) is 5.27. The number of rotatable bonds is 3. The number of carbonyl (C=O) groups excluding carboxylic acids is 2. The fraction of sp³-hybridized carbons (Fsp3) is 0.579. The van der Waals surface area contributed by atoms with Gasteiger partial charge in [0, 0.05) is 37.7 Å². The number of piperazine rings is 1. The third kappa shape index (κ3) is 2.99. The van der Waals surface area contributed by atoms with Crippen molar-refractivity contribution in [3.05, 3.63) is 28.3 Å². The largest absolute Gasteiger partial charge is 0.496 e. The summed E-state index contributed by atoms with van der Waals surface area (Å²) in [4.78, 5) is 28.8. The second-order valence-corrected chi connectivity index (χ2v) is 6.92. The van der Waals surface area contributed by atoms with Gasteiger partial charge >= 0.3 is 0 Å². The molecule has 1 aliphatic heterocycles. The zero-order valence-electron chi connectivity index (χ0n) is 15.0. The second kappa shape index (κ2) is 6.46. The molecule has 3 rings (SSSR count). The van der Waals surface area contributed by atoms with E-state index in [1.807, 2.05) is 36.6 Å². The minimum Gasteiger partial charge on any atom is -0.496 e. The van der Waals surface area contributed by atoms with E-state index in [1.54, 1.807) is 7.11 Å². The van der Waals surface area contributed by atoms with Gasteiger partial charge in [0.2, 0.25) is 5.91 Å². The molecule has 2 aliphatic rings. The highest BCUT2D eigenvalue weighted by molar-refractivity contribution is 5.96. The summed E-state index contributed by atoms with van der Waals surface area (Å²) in [7, 11) is 1.66. The first-order valence-corrected chi connectivity index (χ1v) is 8.67. The van der Waals surface area contributed by atoms with E-state index < -0.39 is 0 Å². The lowest BCUT2D eigenvalue weighted by Crippen LogP contribution is -2.51. The second-order valence-electron chi connectivity index (χ2n) is 6.92. The molecule has 24 heavy (non-hydrogen) atoms. The van der Waals surface area contributed by atoms with Crippen LogP contribution in [0, 0.1) is 26.7 Å². The summed E-state index contributed by atoms with van der Waals surface area (Å²) < 4.78 is 5.44. The Labute approximate surface area is 143 Å². The molecular weight excluding hydrogens is 304 g/mol. The van der Waals surface area contributed by atoms with Crippen LogP contribution in [-0.4, -0.2) is 54.9 Å². The molecular formula is C19H26N2O3. The van der Waals surface area contributed by atoms with Gasteiger partial charge in [0.15, 0.2) is 0 Å². The first-order chi connectivity index (χ1) is 11.4. The molecule has 1 aromatic rings. The first kappa shape index (κ1) is 16.8. The SMILES string of the molecule is COc1c(C)cc(C(=O)N2CCN(C(=O)C3CC3)CC2)c(C)c1C. The number of hydrogen-bond acceptors (Lipinski definition) is 3. The number of methoxy groups -OCH3 is 1. The molecule has 1 aliphatic carbocycles. The van der Waals surface area contributed by atoms with Gasteiger partial charge in [-0.2, -0.15) is 0 Å². The highest BCUT2D eigenvalue weighted by atomic mass is 16.5. The van der Waals surface area contributed by atoms with Crippen LogP contribution in [0.15, 0.2) is 6.07 Å². The van der Waals surface area contributed by atoms with Crippen LogP contribution in [0.1, 0.15) is 39.9 Å². The number of ether oxygens (including phenoxy) is 1. The van der Waals surface area contributed by atoms with Crippen LogP contribution in [0.2, 0.25) is 0 Å². The fourth-order valence-corrected chi connectivity index (χ4v) is 3.48. The predicted octanol–water partition coefficient (Wildman–Crippen LogP) is 2.31. The molecule has 1 heterocycles. The van der Waals surface area contributed by atoms with Crippen LogP contribution >= 0.6 is 0 Å². The lowest BCUT2D eigenvalue weighted by Gasteiger charge is -2.35. The maximum Gasteiger partial charge on any atom is 0.254 e. The predicted molar refractivity (Wildman–Crippen MR) is 92.4 cm³/mol. The van der Waals surface area contributed by atoms with Gasteiger partial charge in [-0.15, -0.1) is 0 Å². The van der Waals surface area contributed by atoms with E-state index in [-0.39, 0.29) is 17.7 Å². The summed E-state index contributed by atoms with van der Waals surface area (Å²) in [6, 6.07) is 1.92. The van der Waals surface area contributed by atoms with Crippen molar-refractivity contribution >= 4 is 11.8 Å². The van der Waals surface area contributed by atoms with E-state index in [0.717, 1.165) is 40.8 Å². The van der Waals surface area contributed by atoms with Crippen LogP contribution in [0.4, 0.5) is 0 Å². The highest BCUT2D eigenvalue weighted by Gasteiger charge is 2.35. The van der Waals surface area contributed by atoms with E-state index >= 15 is 0 Å². The standard InChI is InChI=1S/C19H26N2O3/c1-12-11-16(13(2)14(3)17(12)24-4)19(23)21-9-7-20(8-10-21)18(22)15-5-6-15/h11,15H,5-10H2,1-4H3. The average Bonchev–Trinajstić information content (AvgIpc) is 3.42. The Morgan fingerprint density at radius 2 is 1.58 bits per heavy atom. The Kier molecular flexibility index (Phi) is 4.52. The van der Waals surface area contributed by atoms with E-state index in [2.05, 4.69) is 0 Å². The van der Waals surface area contributed by atoms with Gasteiger partial charge in [0.25, 0.3) is 5.91 Å². The zero-order valence-corrected chi connectivity index (χ0v) is 15.0. The van der Waals surface area contributed by atoms with Crippen molar-refractivity contribution < 1.29 is 14.3 Å². The molecule has 130 valence electrons. The van der Waals surface area contributed by atoms with Crippen molar-refractivity contribution in [2.45, 2.75) is 33.6 Å². The molecule has 0 N–H and O–H groups in total. The topological polar surface area (TPSA) is 49.9 Å². The van der Waals surface area contributed by atoms with E-state index in [9.17, 15) is 9.59 Å². The number of benzene rings is 1. The molecule has 0 radical (unpaired) electrons. The van der Waals surface area contributed by atoms with Gasteiger partial charge < -0.3 is 14.5 Å². The van der Waals surface area contributed by atoms with Gasteiger partial charge in [0.05, 0.1) is 7.11 Å². The van der Waals surface area contributed by atoms with Crippen LogP contribution < -0.4 is 4.74 Å². The van der Waals surface area contributed by atoms with Gasteiger partial charge in [-0.05, 0) is 56.4 Å². The number of amides is 2. The number of carbonyl (C=O) groups is 2. The molecule has 0 unspecified atom stereocenters. The Hall–Kier alpha value is -2.04. The number of nitrogens with zero attached hydrogens (tertiary/aromatic N) is 2. The molecule has 2 fully saturated rings. The highest BCUT2D eigenvalue weighted by Crippen LogP contribution is 2.32. The van der Waals surface area contributed by atoms with Crippen LogP contribution in [0.25, 0.3) is 0 Å². The molecule has 0 atom stereocenters. The van der Waals surface area contributed by atoms with Crippen LogP contribution in [0.5, 0.6) is 5.75 Å².